The molecule has 0 radical (unpaired) electrons. The minimum absolute atomic E-state index is 0.0419. The van der Waals surface area contributed by atoms with Gasteiger partial charge in [0.2, 0.25) is 5.91 Å². The predicted molar refractivity (Wildman–Crippen MR) is 97.8 cm³/mol. The van der Waals surface area contributed by atoms with Crippen molar-refractivity contribution in [2.24, 2.45) is 0 Å². The summed E-state index contributed by atoms with van der Waals surface area (Å²) in [4.78, 5) is 14.2. The van der Waals surface area contributed by atoms with E-state index in [0.717, 1.165) is 12.1 Å². The molecule has 0 saturated carbocycles. The lowest BCUT2D eigenvalue weighted by molar-refractivity contribution is -0.137. The first-order valence-corrected chi connectivity index (χ1v) is 8.92. The Morgan fingerprint density at radius 1 is 1.11 bits per heavy atom. The van der Waals surface area contributed by atoms with Crippen molar-refractivity contribution >= 4 is 17.3 Å². The third-order valence-corrected chi connectivity index (χ3v) is 4.53. The highest BCUT2D eigenvalue weighted by molar-refractivity contribution is 5.94. The van der Waals surface area contributed by atoms with Crippen LogP contribution in [0.4, 0.5) is 28.9 Å². The fourth-order valence-corrected chi connectivity index (χ4v) is 3.05. The highest BCUT2D eigenvalue weighted by Crippen LogP contribution is 2.35. The van der Waals surface area contributed by atoms with Crippen LogP contribution in [0, 0.1) is 5.82 Å². The standard InChI is InChI=1S/C20H20F4N2O2/c21-16-4-2-1-3-14(16)5-8-19(27)25-17-13-15(20(22,23)24)6-7-18(17)26-9-11-28-12-10-26/h1-4,6-7,13H,5,8-12H2,(H,25,27). The number of amides is 1. The van der Waals surface area contributed by atoms with Crippen LogP contribution in [0.25, 0.3) is 0 Å². The molecule has 4 nitrogen and oxygen atoms in total. The molecule has 1 saturated heterocycles. The minimum atomic E-state index is -4.52. The molecular weight excluding hydrogens is 376 g/mol. The van der Waals surface area contributed by atoms with Crippen molar-refractivity contribution in [1.82, 2.24) is 0 Å². The summed E-state index contributed by atoms with van der Waals surface area (Å²) >= 11 is 0. The maximum absolute atomic E-state index is 13.7. The lowest BCUT2D eigenvalue weighted by atomic mass is 10.1. The van der Waals surface area contributed by atoms with Crippen LogP contribution in [-0.4, -0.2) is 32.2 Å². The molecule has 0 atom stereocenters. The summed E-state index contributed by atoms with van der Waals surface area (Å²) in [5.41, 5.74) is 0.148. The number of ether oxygens (including phenoxy) is 1. The molecule has 3 rings (SSSR count). The Kier molecular flexibility index (Phi) is 6.18. The van der Waals surface area contributed by atoms with Gasteiger partial charge >= 0.3 is 6.18 Å². The fourth-order valence-electron chi connectivity index (χ4n) is 3.05. The van der Waals surface area contributed by atoms with Gasteiger partial charge in [0.25, 0.3) is 0 Å². The van der Waals surface area contributed by atoms with Gasteiger partial charge in [0.05, 0.1) is 30.2 Å². The third kappa shape index (κ3) is 5.01. The SMILES string of the molecule is O=C(CCc1ccccc1F)Nc1cc(C(F)(F)F)ccc1N1CCOCC1. The van der Waals surface area contributed by atoms with Gasteiger partial charge in [-0.2, -0.15) is 13.2 Å². The summed E-state index contributed by atoms with van der Waals surface area (Å²) in [7, 11) is 0. The number of hydrogen-bond donors (Lipinski definition) is 1. The molecule has 1 amide bonds. The van der Waals surface area contributed by atoms with Crippen LogP contribution >= 0.6 is 0 Å². The number of benzene rings is 2. The van der Waals surface area contributed by atoms with Crippen LogP contribution in [0.3, 0.4) is 0 Å². The van der Waals surface area contributed by atoms with Gasteiger partial charge in [-0.25, -0.2) is 4.39 Å². The van der Waals surface area contributed by atoms with E-state index in [0.29, 0.717) is 37.6 Å². The van der Waals surface area contributed by atoms with Crippen molar-refractivity contribution in [2.45, 2.75) is 19.0 Å². The number of alkyl halides is 3. The zero-order chi connectivity index (χ0) is 20.1. The molecule has 1 aliphatic rings. The summed E-state index contributed by atoms with van der Waals surface area (Å²) < 4.78 is 58.3. The number of anilines is 2. The molecule has 0 spiro atoms. The van der Waals surface area contributed by atoms with Crippen LogP contribution in [0.1, 0.15) is 17.5 Å². The normalized spacial score (nSPS) is 14.8. The van der Waals surface area contributed by atoms with Gasteiger partial charge in [-0.3, -0.25) is 4.79 Å². The Hall–Kier alpha value is -2.61. The zero-order valence-electron chi connectivity index (χ0n) is 15.1. The van der Waals surface area contributed by atoms with Crippen molar-refractivity contribution in [1.29, 1.82) is 0 Å². The van der Waals surface area contributed by atoms with E-state index in [2.05, 4.69) is 5.32 Å². The predicted octanol–water partition coefficient (Wildman–Crippen LogP) is 4.25. The van der Waals surface area contributed by atoms with Crippen molar-refractivity contribution in [3.05, 3.63) is 59.4 Å². The Bertz CT molecular complexity index is 833. The molecule has 2 aromatic carbocycles. The number of halogens is 4. The molecule has 2 aromatic rings. The van der Waals surface area contributed by atoms with Gasteiger partial charge < -0.3 is 15.0 Å². The smallest absolute Gasteiger partial charge is 0.378 e. The molecule has 0 aromatic heterocycles. The monoisotopic (exact) mass is 396 g/mol. The Morgan fingerprint density at radius 3 is 2.50 bits per heavy atom. The summed E-state index contributed by atoms with van der Waals surface area (Å²) in [6.07, 6.45) is -4.40. The molecule has 150 valence electrons. The molecule has 1 N–H and O–H groups in total. The number of rotatable bonds is 5. The van der Waals surface area contributed by atoms with Crippen molar-refractivity contribution in [3.8, 4) is 0 Å². The maximum Gasteiger partial charge on any atom is 0.416 e. The topological polar surface area (TPSA) is 41.6 Å². The summed E-state index contributed by atoms with van der Waals surface area (Å²) in [5.74, 6) is -0.888. The highest BCUT2D eigenvalue weighted by Gasteiger charge is 2.31. The zero-order valence-corrected chi connectivity index (χ0v) is 15.1. The number of nitrogens with one attached hydrogen (secondary N) is 1. The van der Waals surface area contributed by atoms with Gasteiger partial charge in [0.1, 0.15) is 5.82 Å². The molecular formula is C20H20F4N2O2. The van der Waals surface area contributed by atoms with Gasteiger partial charge in [-0.1, -0.05) is 18.2 Å². The molecule has 0 bridgehead atoms. The quantitative estimate of drug-likeness (QED) is 0.769. The Morgan fingerprint density at radius 2 is 1.82 bits per heavy atom. The number of hydrogen-bond acceptors (Lipinski definition) is 3. The minimum Gasteiger partial charge on any atom is -0.378 e. The van der Waals surface area contributed by atoms with Crippen LogP contribution in [0.2, 0.25) is 0 Å². The molecule has 28 heavy (non-hydrogen) atoms. The number of morpholine rings is 1. The average molecular weight is 396 g/mol. The van der Waals surface area contributed by atoms with E-state index in [1.165, 1.54) is 12.1 Å². The van der Waals surface area contributed by atoms with E-state index in [9.17, 15) is 22.4 Å². The molecule has 1 heterocycles. The highest BCUT2D eigenvalue weighted by atomic mass is 19.4. The maximum atomic E-state index is 13.7. The van der Waals surface area contributed by atoms with Gasteiger partial charge in [0, 0.05) is 19.5 Å². The van der Waals surface area contributed by atoms with Crippen molar-refractivity contribution in [3.63, 3.8) is 0 Å². The van der Waals surface area contributed by atoms with E-state index in [4.69, 9.17) is 4.74 Å². The van der Waals surface area contributed by atoms with Crippen LogP contribution in [0.15, 0.2) is 42.5 Å². The van der Waals surface area contributed by atoms with E-state index >= 15 is 0 Å². The number of nitrogens with zero attached hydrogens (tertiary/aromatic N) is 1. The summed E-state index contributed by atoms with van der Waals surface area (Å²) in [6, 6.07) is 9.39. The second kappa shape index (κ2) is 8.60. The van der Waals surface area contributed by atoms with Crippen molar-refractivity contribution < 1.29 is 27.1 Å². The summed E-state index contributed by atoms with van der Waals surface area (Å²) in [5, 5.41) is 2.57. The first kappa shape index (κ1) is 20.1. The Labute approximate surface area is 160 Å². The summed E-state index contributed by atoms with van der Waals surface area (Å²) in [6.45, 7) is 1.95. The van der Waals surface area contributed by atoms with E-state index in [-0.39, 0.29) is 18.5 Å². The first-order chi connectivity index (χ1) is 13.3. The van der Waals surface area contributed by atoms with Gasteiger partial charge in [-0.15, -0.1) is 0 Å². The van der Waals surface area contributed by atoms with Gasteiger partial charge in [-0.05, 0) is 36.2 Å². The molecule has 1 aliphatic heterocycles. The molecule has 0 unspecified atom stereocenters. The van der Waals surface area contributed by atoms with Gasteiger partial charge in [0.15, 0.2) is 0 Å². The lowest BCUT2D eigenvalue weighted by Gasteiger charge is -2.31. The van der Waals surface area contributed by atoms with E-state index in [1.807, 2.05) is 4.90 Å². The fraction of sp³-hybridized carbons (Fsp3) is 0.350. The lowest BCUT2D eigenvalue weighted by Crippen LogP contribution is -2.36. The first-order valence-electron chi connectivity index (χ1n) is 8.92. The van der Waals surface area contributed by atoms with Crippen LogP contribution < -0.4 is 10.2 Å². The van der Waals surface area contributed by atoms with E-state index in [1.54, 1.807) is 18.2 Å². The largest absolute Gasteiger partial charge is 0.416 e. The number of carbonyl (C=O) groups is 1. The van der Waals surface area contributed by atoms with Crippen LogP contribution in [-0.2, 0) is 22.1 Å². The molecule has 0 aliphatic carbocycles. The van der Waals surface area contributed by atoms with E-state index < -0.39 is 23.5 Å². The number of aryl methyl sites for hydroxylation is 1. The second-order valence-electron chi connectivity index (χ2n) is 6.47. The number of carbonyl (C=O) groups excluding carboxylic acids is 1. The Balaban J connectivity index is 1.77. The molecule has 8 heteroatoms. The third-order valence-electron chi connectivity index (χ3n) is 4.53. The average Bonchev–Trinajstić information content (AvgIpc) is 2.67. The van der Waals surface area contributed by atoms with Crippen LogP contribution in [0.5, 0.6) is 0 Å². The van der Waals surface area contributed by atoms with Crippen molar-refractivity contribution in [2.75, 3.05) is 36.5 Å². The second-order valence-corrected chi connectivity index (χ2v) is 6.47. The molecule has 1 fully saturated rings.